The maximum absolute atomic E-state index is 5.95. The first-order valence-corrected chi connectivity index (χ1v) is 5.90. The van der Waals surface area contributed by atoms with Crippen LogP contribution in [0.3, 0.4) is 0 Å². The first-order chi connectivity index (χ1) is 7.96. The van der Waals surface area contributed by atoms with E-state index in [0.717, 1.165) is 16.6 Å². The van der Waals surface area contributed by atoms with E-state index in [1.54, 1.807) is 6.20 Å². The molecule has 0 amide bonds. The molecule has 0 saturated carbocycles. The van der Waals surface area contributed by atoms with E-state index in [1.165, 1.54) is 0 Å². The standard InChI is InChI=1S/C13H16ClN3/c1-13(2,15)8-17-11-5-6-16-12-7-9(14)3-4-10(11)12/h3-7H,8,15H2,1-2H3,(H,16,17). The van der Waals surface area contributed by atoms with Crippen LogP contribution >= 0.6 is 11.6 Å². The van der Waals surface area contributed by atoms with Crippen molar-refractivity contribution in [1.82, 2.24) is 4.98 Å². The third kappa shape index (κ3) is 3.08. The Hall–Kier alpha value is -1.32. The van der Waals surface area contributed by atoms with Crippen LogP contribution in [0.25, 0.3) is 10.9 Å². The topological polar surface area (TPSA) is 50.9 Å². The van der Waals surface area contributed by atoms with Gasteiger partial charge in [-0.25, -0.2) is 0 Å². The number of pyridine rings is 1. The Morgan fingerprint density at radius 3 is 2.82 bits per heavy atom. The van der Waals surface area contributed by atoms with Crippen LogP contribution in [0.4, 0.5) is 5.69 Å². The zero-order valence-corrected chi connectivity index (χ0v) is 10.8. The van der Waals surface area contributed by atoms with Crippen molar-refractivity contribution in [2.75, 3.05) is 11.9 Å². The van der Waals surface area contributed by atoms with Gasteiger partial charge in [0.1, 0.15) is 0 Å². The molecular formula is C13H16ClN3. The summed E-state index contributed by atoms with van der Waals surface area (Å²) in [5.41, 5.74) is 7.62. The van der Waals surface area contributed by atoms with Gasteiger partial charge in [-0.05, 0) is 38.1 Å². The molecule has 0 radical (unpaired) electrons. The highest BCUT2D eigenvalue weighted by Crippen LogP contribution is 2.24. The molecule has 1 aromatic heterocycles. The van der Waals surface area contributed by atoms with Gasteiger partial charge in [-0.2, -0.15) is 0 Å². The molecular weight excluding hydrogens is 234 g/mol. The normalized spacial score (nSPS) is 11.8. The molecule has 4 heteroatoms. The fourth-order valence-electron chi connectivity index (χ4n) is 1.60. The van der Waals surface area contributed by atoms with Gasteiger partial charge in [0, 0.05) is 34.4 Å². The van der Waals surface area contributed by atoms with Gasteiger partial charge in [0.05, 0.1) is 5.52 Å². The Morgan fingerprint density at radius 1 is 1.35 bits per heavy atom. The molecule has 0 aliphatic heterocycles. The fraction of sp³-hybridized carbons (Fsp3) is 0.308. The van der Waals surface area contributed by atoms with Crippen molar-refractivity contribution >= 4 is 28.2 Å². The molecule has 0 aliphatic carbocycles. The molecule has 0 saturated heterocycles. The summed E-state index contributed by atoms with van der Waals surface area (Å²) in [7, 11) is 0. The number of anilines is 1. The van der Waals surface area contributed by atoms with Crippen LogP contribution in [0.5, 0.6) is 0 Å². The first-order valence-electron chi connectivity index (χ1n) is 5.53. The molecule has 3 N–H and O–H groups in total. The number of aromatic nitrogens is 1. The molecule has 90 valence electrons. The van der Waals surface area contributed by atoms with Gasteiger partial charge < -0.3 is 11.1 Å². The van der Waals surface area contributed by atoms with E-state index in [9.17, 15) is 0 Å². The molecule has 2 rings (SSSR count). The van der Waals surface area contributed by atoms with Crippen LogP contribution in [0.2, 0.25) is 5.02 Å². The van der Waals surface area contributed by atoms with Crippen LogP contribution < -0.4 is 11.1 Å². The van der Waals surface area contributed by atoms with Crippen LogP contribution in [0.1, 0.15) is 13.8 Å². The lowest BCUT2D eigenvalue weighted by Crippen LogP contribution is -2.39. The summed E-state index contributed by atoms with van der Waals surface area (Å²) in [6, 6.07) is 7.64. The summed E-state index contributed by atoms with van der Waals surface area (Å²) >= 11 is 5.94. The minimum absolute atomic E-state index is 0.248. The fourth-order valence-corrected chi connectivity index (χ4v) is 1.76. The van der Waals surface area contributed by atoms with Crippen molar-refractivity contribution in [3.63, 3.8) is 0 Å². The summed E-state index contributed by atoms with van der Waals surface area (Å²) < 4.78 is 0. The van der Waals surface area contributed by atoms with Crippen LogP contribution in [-0.4, -0.2) is 17.1 Å². The summed E-state index contributed by atoms with van der Waals surface area (Å²) in [6.45, 7) is 4.68. The highest BCUT2D eigenvalue weighted by atomic mass is 35.5. The molecule has 17 heavy (non-hydrogen) atoms. The van der Waals surface area contributed by atoms with Crippen molar-refractivity contribution in [1.29, 1.82) is 0 Å². The molecule has 0 aliphatic rings. The summed E-state index contributed by atoms with van der Waals surface area (Å²) in [6.07, 6.45) is 1.77. The summed E-state index contributed by atoms with van der Waals surface area (Å²) in [5.74, 6) is 0. The van der Waals surface area contributed by atoms with E-state index in [2.05, 4.69) is 10.3 Å². The maximum Gasteiger partial charge on any atom is 0.0737 e. The number of nitrogens with zero attached hydrogens (tertiary/aromatic N) is 1. The molecule has 3 nitrogen and oxygen atoms in total. The van der Waals surface area contributed by atoms with E-state index in [1.807, 2.05) is 38.1 Å². The largest absolute Gasteiger partial charge is 0.383 e. The molecule has 0 unspecified atom stereocenters. The van der Waals surface area contributed by atoms with Gasteiger partial charge in [0.2, 0.25) is 0 Å². The lowest BCUT2D eigenvalue weighted by molar-refractivity contribution is 0.549. The monoisotopic (exact) mass is 249 g/mol. The van der Waals surface area contributed by atoms with Crippen LogP contribution in [-0.2, 0) is 0 Å². The molecule has 0 fully saturated rings. The highest BCUT2D eigenvalue weighted by Gasteiger charge is 2.11. The van der Waals surface area contributed by atoms with Crippen molar-refractivity contribution in [2.24, 2.45) is 5.73 Å². The zero-order chi connectivity index (χ0) is 12.5. The first kappa shape index (κ1) is 12.1. The van der Waals surface area contributed by atoms with Crippen LogP contribution in [0, 0.1) is 0 Å². The van der Waals surface area contributed by atoms with Gasteiger partial charge in [-0.15, -0.1) is 0 Å². The third-order valence-electron chi connectivity index (χ3n) is 2.44. The zero-order valence-electron chi connectivity index (χ0n) is 10.00. The summed E-state index contributed by atoms with van der Waals surface area (Å²) in [4.78, 5) is 4.29. The van der Waals surface area contributed by atoms with Crippen molar-refractivity contribution in [2.45, 2.75) is 19.4 Å². The molecule has 2 aromatic rings. The second kappa shape index (κ2) is 4.51. The minimum Gasteiger partial charge on any atom is -0.383 e. The average Bonchev–Trinajstić information content (AvgIpc) is 2.24. The SMILES string of the molecule is CC(C)(N)CNc1ccnc2cc(Cl)ccc12. The number of hydrogen-bond donors (Lipinski definition) is 2. The lowest BCUT2D eigenvalue weighted by atomic mass is 10.1. The Bertz CT molecular complexity index is 532. The Kier molecular flexibility index (Phi) is 3.22. The number of rotatable bonds is 3. The molecule has 0 bridgehead atoms. The molecule has 0 spiro atoms. The minimum atomic E-state index is -0.248. The Balaban J connectivity index is 2.34. The van der Waals surface area contributed by atoms with Crippen molar-refractivity contribution in [3.05, 3.63) is 35.5 Å². The number of halogens is 1. The number of nitrogens with two attached hydrogens (primary N) is 1. The van der Waals surface area contributed by atoms with E-state index < -0.39 is 0 Å². The van der Waals surface area contributed by atoms with Gasteiger partial charge in [-0.1, -0.05) is 11.6 Å². The number of fused-ring (bicyclic) bond motifs is 1. The van der Waals surface area contributed by atoms with Crippen molar-refractivity contribution in [3.8, 4) is 0 Å². The van der Waals surface area contributed by atoms with E-state index in [4.69, 9.17) is 17.3 Å². The van der Waals surface area contributed by atoms with E-state index in [-0.39, 0.29) is 5.54 Å². The van der Waals surface area contributed by atoms with Gasteiger partial charge in [-0.3, -0.25) is 4.98 Å². The predicted molar refractivity (Wildman–Crippen MR) is 73.5 cm³/mol. The van der Waals surface area contributed by atoms with Gasteiger partial charge in [0.25, 0.3) is 0 Å². The molecule has 0 atom stereocenters. The van der Waals surface area contributed by atoms with Crippen molar-refractivity contribution < 1.29 is 0 Å². The smallest absolute Gasteiger partial charge is 0.0737 e. The quantitative estimate of drug-likeness (QED) is 0.879. The maximum atomic E-state index is 5.95. The van der Waals surface area contributed by atoms with Gasteiger partial charge >= 0.3 is 0 Å². The predicted octanol–water partition coefficient (Wildman–Crippen LogP) is 3.04. The molecule has 1 aromatic carbocycles. The second-order valence-corrected chi connectivity index (χ2v) is 5.30. The lowest BCUT2D eigenvalue weighted by Gasteiger charge is -2.20. The number of nitrogens with one attached hydrogen (secondary N) is 1. The summed E-state index contributed by atoms with van der Waals surface area (Å²) in [5, 5.41) is 5.09. The van der Waals surface area contributed by atoms with E-state index >= 15 is 0 Å². The van der Waals surface area contributed by atoms with Crippen LogP contribution in [0.15, 0.2) is 30.5 Å². The highest BCUT2D eigenvalue weighted by molar-refractivity contribution is 6.31. The Morgan fingerprint density at radius 2 is 2.12 bits per heavy atom. The van der Waals surface area contributed by atoms with E-state index in [0.29, 0.717) is 11.6 Å². The number of benzene rings is 1. The second-order valence-electron chi connectivity index (χ2n) is 4.86. The third-order valence-corrected chi connectivity index (χ3v) is 2.67. The van der Waals surface area contributed by atoms with Gasteiger partial charge in [0.15, 0.2) is 0 Å². The average molecular weight is 250 g/mol. The Labute approximate surface area is 106 Å². The molecule has 1 heterocycles. The number of hydrogen-bond acceptors (Lipinski definition) is 3.